The van der Waals surface area contributed by atoms with E-state index in [1.54, 1.807) is 0 Å². The monoisotopic (exact) mass is 281 g/mol. The van der Waals surface area contributed by atoms with Gasteiger partial charge in [0, 0.05) is 18.2 Å². The number of aldehydes is 1. The normalized spacial score (nSPS) is 10.6. The highest BCUT2D eigenvalue weighted by Crippen LogP contribution is 2.27. The molecule has 6 heteroatoms. The fourth-order valence-corrected chi connectivity index (χ4v) is 1.50. The first kappa shape index (κ1) is 16.1. The Morgan fingerprint density at radius 1 is 1.30 bits per heavy atom. The van der Waals surface area contributed by atoms with Crippen molar-refractivity contribution in [3.05, 3.63) is 33.9 Å². The minimum Gasteiger partial charge on any atom is -0.484 e. The van der Waals surface area contributed by atoms with Crippen LogP contribution in [0.3, 0.4) is 0 Å². The van der Waals surface area contributed by atoms with Crippen molar-refractivity contribution in [3.63, 3.8) is 0 Å². The maximum atomic E-state index is 10.9. The lowest BCUT2D eigenvalue weighted by atomic mass is 10.1. The molecule has 20 heavy (non-hydrogen) atoms. The predicted octanol–water partition coefficient (Wildman–Crippen LogP) is 2.85. The summed E-state index contributed by atoms with van der Waals surface area (Å²) in [4.78, 5) is 20.9. The van der Waals surface area contributed by atoms with Gasteiger partial charge in [0.2, 0.25) is 0 Å². The van der Waals surface area contributed by atoms with Crippen molar-refractivity contribution in [2.75, 3.05) is 19.8 Å². The van der Waals surface area contributed by atoms with Crippen LogP contribution in [0.15, 0.2) is 18.2 Å². The van der Waals surface area contributed by atoms with Crippen molar-refractivity contribution in [1.82, 2.24) is 0 Å². The Kier molecular flexibility index (Phi) is 6.66. The smallest absolute Gasteiger partial charge is 0.311 e. The number of hydrogen-bond donors (Lipinski definition) is 0. The van der Waals surface area contributed by atoms with Gasteiger partial charge in [-0.25, -0.2) is 0 Å². The van der Waals surface area contributed by atoms with Gasteiger partial charge in [-0.3, -0.25) is 14.9 Å². The van der Waals surface area contributed by atoms with Crippen LogP contribution in [0.1, 0.15) is 30.6 Å². The van der Waals surface area contributed by atoms with Crippen molar-refractivity contribution in [2.45, 2.75) is 20.3 Å². The van der Waals surface area contributed by atoms with Gasteiger partial charge in [-0.1, -0.05) is 13.8 Å². The van der Waals surface area contributed by atoms with E-state index in [4.69, 9.17) is 9.47 Å². The van der Waals surface area contributed by atoms with Gasteiger partial charge in [0.1, 0.15) is 12.9 Å². The number of hydrogen-bond acceptors (Lipinski definition) is 5. The van der Waals surface area contributed by atoms with E-state index < -0.39 is 4.92 Å². The SMILES string of the molecule is CC(C)CCOCCOc1ccc(C=O)cc1[N+](=O)[O-]. The highest BCUT2D eigenvalue weighted by molar-refractivity contribution is 5.77. The fraction of sp³-hybridized carbons (Fsp3) is 0.500. The molecule has 0 aliphatic heterocycles. The molecule has 1 rings (SSSR count). The Morgan fingerprint density at radius 2 is 2.05 bits per heavy atom. The van der Waals surface area contributed by atoms with E-state index in [2.05, 4.69) is 13.8 Å². The number of benzene rings is 1. The summed E-state index contributed by atoms with van der Waals surface area (Å²) in [7, 11) is 0. The molecule has 0 aliphatic carbocycles. The van der Waals surface area contributed by atoms with Crippen LogP contribution < -0.4 is 4.74 Å². The molecule has 1 aromatic carbocycles. The quantitative estimate of drug-likeness (QED) is 0.301. The van der Waals surface area contributed by atoms with Crippen molar-refractivity contribution in [2.24, 2.45) is 5.92 Å². The molecule has 0 fully saturated rings. The Hall–Kier alpha value is -1.95. The first-order valence-electron chi connectivity index (χ1n) is 6.48. The first-order chi connectivity index (χ1) is 9.54. The van der Waals surface area contributed by atoms with Crippen LogP contribution in [0, 0.1) is 16.0 Å². The molecule has 0 N–H and O–H groups in total. The molecule has 0 aliphatic rings. The molecule has 0 saturated heterocycles. The highest BCUT2D eigenvalue weighted by Gasteiger charge is 2.15. The molecule has 1 aromatic rings. The Balaban J connectivity index is 2.47. The Bertz CT molecular complexity index is 459. The third-order valence-electron chi connectivity index (χ3n) is 2.64. The van der Waals surface area contributed by atoms with E-state index in [9.17, 15) is 14.9 Å². The molecule has 0 saturated carbocycles. The lowest BCUT2D eigenvalue weighted by molar-refractivity contribution is -0.385. The van der Waals surface area contributed by atoms with E-state index in [1.165, 1.54) is 18.2 Å². The van der Waals surface area contributed by atoms with Gasteiger partial charge < -0.3 is 9.47 Å². The molecular weight excluding hydrogens is 262 g/mol. The standard InChI is InChI=1S/C14H19NO5/c1-11(2)5-6-19-7-8-20-14-4-3-12(10-16)9-13(14)15(17)18/h3-4,9-11H,5-8H2,1-2H3. The number of carbonyl (C=O) groups is 1. The Morgan fingerprint density at radius 3 is 2.65 bits per heavy atom. The van der Waals surface area contributed by atoms with Crippen molar-refractivity contribution < 1.29 is 19.2 Å². The fourth-order valence-electron chi connectivity index (χ4n) is 1.50. The van der Waals surface area contributed by atoms with Crippen molar-refractivity contribution in [3.8, 4) is 5.75 Å². The average Bonchev–Trinajstić information content (AvgIpc) is 2.42. The molecule has 110 valence electrons. The summed E-state index contributed by atoms with van der Waals surface area (Å²) >= 11 is 0. The third kappa shape index (κ3) is 5.36. The summed E-state index contributed by atoms with van der Waals surface area (Å²) in [5, 5.41) is 10.9. The van der Waals surface area contributed by atoms with Gasteiger partial charge in [-0.15, -0.1) is 0 Å². The number of nitro groups is 1. The number of nitro benzene ring substituents is 1. The molecular formula is C14H19NO5. The summed E-state index contributed by atoms with van der Waals surface area (Å²) in [5.41, 5.74) is 0.0361. The zero-order chi connectivity index (χ0) is 15.0. The number of nitrogens with zero attached hydrogens (tertiary/aromatic N) is 1. The molecule has 6 nitrogen and oxygen atoms in total. The topological polar surface area (TPSA) is 78.7 Å². The number of carbonyl (C=O) groups excluding carboxylic acids is 1. The summed E-state index contributed by atoms with van der Waals surface area (Å²) in [6.07, 6.45) is 1.53. The van der Waals surface area contributed by atoms with Gasteiger partial charge >= 0.3 is 5.69 Å². The van der Waals surface area contributed by atoms with E-state index in [1.807, 2.05) is 0 Å². The molecule has 0 bridgehead atoms. The maximum Gasteiger partial charge on any atom is 0.311 e. The van der Waals surface area contributed by atoms with E-state index in [0.717, 1.165) is 6.42 Å². The lowest BCUT2D eigenvalue weighted by Gasteiger charge is -2.08. The van der Waals surface area contributed by atoms with Gasteiger partial charge in [0.05, 0.1) is 11.5 Å². The molecule has 0 unspecified atom stereocenters. The molecule has 0 heterocycles. The Labute approximate surface area is 117 Å². The summed E-state index contributed by atoms with van der Waals surface area (Å²) in [5.74, 6) is 0.723. The molecule has 0 amide bonds. The third-order valence-corrected chi connectivity index (χ3v) is 2.64. The largest absolute Gasteiger partial charge is 0.484 e. The second-order valence-electron chi connectivity index (χ2n) is 4.75. The van der Waals surface area contributed by atoms with Crippen LogP contribution in [0.5, 0.6) is 5.75 Å². The molecule has 0 aromatic heterocycles. The number of ether oxygens (including phenoxy) is 2. The minimum atomic E-state index is -0.568. The van der Waals surface area contributed by atoms with Crippen LogP contribution >= 0.6 is 0 Å². The first-order valence-corrected chi connectivity index (χ1v) is 6.48. The predicted molar refractivity (Wildman–Crippen MR) is 74.3 cm³/mol. The lowest BCUT2D eigenvalue weighted by Crippen LogP contribution is -2.09. The van der Waals surface area contributed by atoms with Crippen LogP contribution in [0.4, 0.5) is 5.69 Å². The van der Waals surface area contributed by atoms with Crippen molar-refractivity contribution >= 4 is 12.0 Å². The summed E-state index contributed by atoms with van der Waals surface area (Å²) in [6.45, 7) is 5.47. The second-order valence-corrected chi connectivity index (χ2v) is 4.75. The average molecular weight is 281 g/mol. The van der Waals surface area contributed by atoms with E-state index in [-0.39, 0.29) is 23.6 Å². The van der Waals surface area contributed by atoms with Crippen LogP contribution in [-0.2, 0) is 4.74 Å². The maximum absolute atomic E-state index is 10.9. The van der Waals surface area contributed by atoms with E-state index >= 15 is 0 Å². The minimum absolute atomic E-state index is 0.146. The molecule has 0 radical (unpaired) electrons. The van der Waals surface area contributed by atoms with Crippen LogP contribution in [-0.4, -0.2) is 31.0 Å². The second kappa shape index (κ2) is 8.27. The zero-order valence-electron chi connectivity index (χ0n) is 11.7. The van der Waals surface area contributed by atoms with Gasteiger partial charge in [0.25, 0.3) is 0 Å². The van der Waals surface area contributed by atoms with Gasteiger partial charge in [0.15, 0.2) is 5.75 Å². The van der Waals surface area contributed by atoms with Gasteiger partial charge in [-0.2, -0.15) is 0 Å². The number of rotatable bonds is 9. The zero-order valence-corrected chi connectivity index (χ0v) is 11.7. The van der Waals surface area contributed by atoms with E-state index in [0.29, 0.717) is 25.4 Å². The van der Waals surface area contributed by atoms with Gasteiger partial charge in [-0.05, 0) is 24.5 Å². The summed E-state index contributed by atoms with van der Waals surface area (Å²) < 4.78 is 10.7. The molecule has 0 atom stereocenters. The van der Waals surface area contributed by atoms with Crippen LogP contribution in [0.2, 0.25) is 0 Å². The molecule has 0 spiro atoms. The highest BCUT2D eigenvalue weighted by atomic mass is 16.6. The summed E-state index contributed by atoms with van der Waals surface area (Å²) in [6, 6.07) is 4.10. The van der Waals surface area contributed by atoms with Crippen molar-refractivity contribution in [1.29, 1.82) is 0 Å². The van der Waals surface area contributed by atoms with Crippen LogP contribution in [0.25, 0.3) is 0 Å².